The number of rotatable bonds is 7. The lowest BCUT2D eigenvalue weighted by Gasteiger charge is -2.46. The van der Waals surface area contributed by atoms with E-state index in [1.165, 1.54) is 6.92 Å². The minimum absolute atomic E-state index is 0.0306. The number of carbonyl (C=O) groups excluding carboxylic acids is 3. The molecule has 3 unspecified atom stereocenters. The number of hydrogen-bond donors (Lipinski definition) is 3. The molecule has 0 radical (unpaired) electrons. The van der Waals surface area contributed by atoms with Gasteiger partial charge in [0.05, 0.1) is 17.8 Å². The third kappa shape index (κ3) is 6.85. The van der Waals surface area contributed by atoms with Crippen molar-refractivity contribution < 1.29 is 28.4 Å². The summed E-state index contributed by atoms with van der Waals surface area (Å²) < 4.78 is 17.3. The van der Waals surface area contributed by atoms with Crippen LogP contribution in [0.25, 0.3) is 0 Å². The van der Waals surface area contributed by atoms with Gasteiger partial charge in [0.15, 0.2) is 0 Å². The van der Waals surface area contributed by atoms with Crippen LogP contribution in [0.5, 0.6) is 0 Å². The van der Waals surface area contributed by atoms with Gasteiger partial charge in [0.2, 0.25) is 11.8 Å². The fourth-order valence-corrected chi connectivity index (χ4v) is 4.77. The molecule has 3 atom stereocenters. The molecule has 0 bridgehead atoms. The number of nitrogens with two attached hydrogens (primary N) is 1. The Labute approximate surface area is 198 Å². The molecule has 2 aliphatic rings. The van der Waals surface area contributed by atoms with Crippen LogP contribution >= 0.6 is 0 Å². The van der Waals surface area contributed by atoms with E-state index in [9.17, 15) is 14.4 Å². The van der Waals surface area contributed by atoms with Crippen molar-refractivity contribution in [3.63, 3.8) is 0 Å². The summed E-state index contributed by atoms with van der Waals surface area (Å²) >= 11 is 0. The molecule has 1 saturated heterocycles. The predicted molar refractivity (Wildman–Crippen MR) is 126 cm³/mol. The zero-order valence-corrected chi connectivity index (χ0v) is 21.5. The Hall–Kier alpha value is -1.81. The van der Waals surface area contributed by atoms with Gasteiger partial charge in [0, 0.05) is 18.4 Å². The molecule has 1 aliphatic carbocycles. The highest BCUT2D eigenvalue weighted by Gasteiger charge is 2.53. The monoisotopic (exact) mass is 467 g/mol. The summed E-state index contributed by atoms with van der Waals surface area (Å²) in [5.74, 6) is -0.811. The zero-order chi connectivity index (χ0) is 25.2. The van der Waals surface area contributed by atoms with Crippen molar-refractivity contribution in [2.45, 2.75) is 110 Å². The van der Waals surface area contributed by atoms with E-state index in [0.717, 1.165) is 12.8 Å². The fraction of sp³-hybridized carbons (Fsp3) is 0.870. The van der Waals surface area contributed by atoms with E-state index in [0.29, 0.717) is 19.2 Å². The molecule has 9 nitrogen and oxygen atoms in total. The quantitative estimate of drug-likeness (QED) is 0.494. The molecule has 1 heterocycles. The predicted octanol–water partition coefficient (Wildman–Crippen LogP) is 2.77. The van der Waals surface area contributed by atoms with Gasteiger partial charge in [0.25, 0.3) is 0 Å². The molecular formula is C23H42BN3O6. The Bertz CT molecular complexity index is 735. The SMILES string of the molecule is CC(=O)NC1(C(=O)NC(C)(C)C)CC(CCB2OC(C)(C)C(C)(C)O2)CCC1COC(N)=O. The highest BCUT2D eigenvalue weighted by atomic mass is 16.7. The Morgan fingerprint density at radius 2 is 1.67 bits per heavy atom. The minimum Gasteiger partial charge on any atom is -0.449 e. The van der Waals surface area contributed by atoms with E-state index in [4.69, 9.17) is 19.8 Å². The van der Waals surface area contributed by atoms with Crippen molar-refractivity contribution in [3.05, 3.63) is 0 Å². The number of amides is 3. The maximum absolute atomic E-state index is 13.6. The first kappa shape index (κ1) is 27.4. The number of primary amides is 1. The van der Waals surface area contributed by atoms with E-state index in [-0.39, 0.29) is 37.4 Å². The standard InChI is InChI=1S/C23H42BN3O6/c1-15(28)26-23(18(29)27-20(2,3)4)13-16(9-10-17(23)14-31-19(25)30)11-12-24-32-21(5,6)22(7,8)33-24/h16-17H,9-14H2,1-8H3,(H2,25,30)(H,26,28)(H,27,29). The Balaban J connectivity index is 2.22. The molecular weight excluding hydrogens is 425 g/mol. The van der Waals surface area contributed by atoms with Crippen LogP contribution in [0, 0.1) is 11.8 Å². The molecule has 2 fully saturated rings. The van der Waals surface area contributed by atoms with Gasteiger partial charge in [-0.15, -0.1) is 0 Å². The van der Waals surface area contributed by atoms with Crippen molar-refractivity contribution in [1.29, 1.82) is 0 Å². The number of nitrogens with one attached hydrogen (secondary N) is 2. The lowest BCUT2D eigenvalue weighted by molar-refractivity contribution is -0.140. The molecule has 1 aliphatic heterocycles. The first-order valence-electron chi connectivity index (χ1n) is 11.9. The number of hydrogen-bond acceptors (Lipinski definition) is 6. The van der Waals surface area contributed by atoms with Gasteiger partial charge in [-0.3, -0.25) is 9.59 Å². The summed E-state index contributed by atoms with van der Waals surface area (Å²) in [5.41, 5.74) is 2.71. The van der Waals surface area contributed by atoms with Gasteiger partial charge in [-0.25, -0.2) is 4.79 Å². The second kappa shape index (κ2) is 9.82. The van der Waals surface area contributed by atoms with Crippen molar-refractivity contribution in [3.8, 4) is 0 Å². The van der Waals surface area contributed by atoms with E-state index in [2.05, 4.69) is 10.6 Å². The molecule has 33 heavy (non-hydrogen) atoms. The van der Waals surface area contributed by atoms with Crippen LogP contribution in [0.15, 0.2) is 0 Å². The lowest BCUT2D eigenvalue weighted by Crippen LogP contribution is -2.67. The molecule has 4 N–H and O–H groups in total. The van der Waals surface area contributed by atoms with E-state index in [1.807, 2.05) is 48.5 Å². The summed E-state index contributed by atoms with van der Waals surface area (Å²) in [6, 6.07) is 0. The van der Waals surface area contributed by atoms with Crippen molar-refractivity contribution in [2.24, 2.45) is 17.6 Å². The van der Waals surface area contributed by atoms with Crippen LogP contribution in [-0.4, -0.2) is 53.9 Å². The highest BCUT2D eigenvalue weighted by Crippen LogP contribution is 2.42. The molecule has 1 saturated carbocycles. The summed E-state index contributed by atoms with van der Waals surface area (Å²) in [6.45, 7) is 15.1. The topological polar surface area (TPSA) is 129 Å². The fourth-order valence-electron chi connectivity index (χ4n) is 4.77. The van der Waals surface area contributed by atoms with Crippen molar-refractivity contribution >= 4 is 25.0 Å². The third-order valence-electron chi connectivity index (χ3n) is 7.06. The normalized spacial score (nSPS) is 28.8. The smallest absolute Gasteiger partial charge is 0.449 e. The molecule has 2 rings (SSSR count). The summed E-state index contributed by atoms with van der Waals surface area (Å²) in [4.78, 5) is 37.1. The largest absolute Gasteiger partial charge is 0.457 e. The van der Waals surface area contributed by atoms with E-state index >= 15 is 0 Å². The van der Waals surface area contributed by atoms with Gasteiger partial charge in [0.1, 0.15) is 5.54 Å². The van der Waals surface area contributed by atoms with E-state index in [1.54, 1.807) is 0 Å². The Morgan fingerprint density at radius 1 is 1.09 bits per heavy atom. The minimum atomic E-state index is -1.20. The van der Waals surface area contributed by atoms with Gasteiger partial charge in [-0.05, 0) is 80.0 Å². The molecule has 0 spiro atoms. The summed E-state index contributed by atoms with van der Waals surface area (Å²) in [5, 5.41) is 5.95. The Kier molecular flexibility index (Phi) is 8.17. The van der Waals surface area contributed by atoms with E-state index < -0.39 is 28.4 Å². The Morgan fingerprint density at radius 3 is 2.15 bits per heavy atom. The lowest BCUT2D eigenvalue weighted by atomic mass is 9.65. The number of carbonyl (C=O) groups is 3. The van der Waals surface area contributed by atoms with Crippen LogP contribution in [-0.2, 0) is 23.6 Å². The molecule has 3 amide bonds. The molecule has 10 heteroatoms. The molecule has 0 aromatic heterocycles. The van der Waals surface area contributed by atoms with Crippen LogP contribution < -0.4 is 16.4 Å². The number of ether oxygens (including phenoxy) is 1. The highest BCUT2D eigenvalue weighted by molar-refractivity contribution is 6.45. The first-order chi connectivity index (χ1) is 15.0. The van der Waals surface area contributed by atoms with Gasteiger partial charge in [-0.1, -0.05) is 6.42 Å². The maximum Gasteiger partial charge on any atom is 0.457 e. The second-order valence-electron chi connectivity index (χ2n) is 11.6. The van der Waals surface area contributed by atoms with Gasteiger partial charge < -0.3 is 30.4 Å². The van der Waals surface area contributed by atoms with Gasteiger partial charge in [-0.2, -0.15) is 0 Å². The van der Waals surface area contributed by atoms with Crippen LogP contribution in [0.2, 0.25) is 6.32 Å². The summed E-state index contributed by atoms with van der Waals surface area (Å²) in [6.07, 6.45) is 2.45. The van der Waals surface area contributed by atoms with Crippen LogP contribution in [0.4, 0.5) is 4.79 Å². The van der Waals surface area contributed by atoms with Crippen LogP contribution in [0.3, 0.4) is 0 Å². The zero-order valence-electron chi connectivity index (χ0n) is 21.5. The first-order valence-corrected chi connectivity index (χ1v) is 11.9. The van der Waals surface area contributed by atoms with Gasteiger partial charge >= 0.3 is 13.2 Å². The van der Waals surface area contributed by atoms with Crippen molar-refractivity contribution in [1.82, 2.24) is 10.6 Å². The average molecular weight is 467 g/mol. The van der Waals surface area contributed by atoms with Crippen LogP contribution in [0.1, 0.15) is 81.1 Å². The average Bonchev–Trinajstić information content (AvgIpc) is 2.83. The molecule has 0 aromatic rings. The molecule has 0 aromatic carbocycles. The maximum atomic E-state index is 13.6. The third-order valence-corrected chi connectivity index (χ3v) is 7.06. The summed E-state index contributed by atoms with van der Waals surface area (Å²) in [7, 11) is -0.315. The molecule has 188 valence electrons. The second-order valence-corrected chi connectivity index (χ2v) is 11.6. The van der Waals surface area contributed by atoms with Crippen molar-refractivity contribution in [2.75, 3.05) is 6.61 Å².